The molecule has 2 saturated heterocycles. The summed E-state index contributed by atoms with van der Waals surface area (Å²) in [5.41, 5.74) is 6.68. The lowest BCUT2D eigenvalue weighted by Crippen LogP contribution is -2.33. The van der Waals surface area contributed by atoms with Crippen LogP contribution in [0.2, 0.25) is 0 Å². The average molecular weight is 295 g/mol. The molecule has 0 bridgehead atoms. The van der Waals surface area contributed by atoms with Crippen molar-refractivity contribution in [3.8, 4) is 0 Å². The molecule has 0 radical (unpaired) electrons. The Morgan fingerprint density at radius 1 is 1.30 bits per heavy atom. The molecular weight excluding hydrogens is 282 g/mol. The number of hydrogen-bond acceptors (Lipinski definition) is 8. The van der Waals surface area contributed by atoms with Crippen molar-refractivity contribution in [2.24, 2.45) is 0 Å². The molecule has 2 aromatic heterocycles. The Bertz CT molecular complexity index is 661. The summed E-state index contributed by atoms with van der Waals surface area (Å²) in [5.74, 6) is 1.22. The Labute approximate surface area is 118 Å². The number of aliphatic hydroxyl groups excluding tert-OH is 2. The van der Waals surface area contributed by atoms with Crippen molar-refractivity contribution >= 4 is 28.7 Å². The first-order valence-electron chi connectivity index (χ1n) is 6.23. The van der Waals surface area contributed by atoms with Gasteiger partial charge in [-0.15, -0.1) is 0 Å². The number of aliphatic hydroxyl groups is 2. The van der Waals surface area contributed by atoms with Crippen LogP contribution in [0, 0.1) is 0 Å². The minimum Gasteiger partial charge on any atom is -0.387 e. The number of nitrogens with two attached hydrogens (primary N) is 1. The Morgan fingerprint density at radius 2 is 2.10 bits per heavy atom. The van der Waals surface area contributed by atoms with E-state index in [1.807, 2.05) is 0 Å². The molecule has 2 fully saturated rings. The molecule has 4 heterocycles. The lowest BCUT2D eigenvalue weighted by atomic mass is 10.1. The van der Waals surface area contributed by atoms with Gasteiger partial charge in [-0.3, -0.25) is 4.57 Å². The molecule has 0 aromatic carbocycles. The third-order valence-electron chi connectivity index (χ3n) is 3.66. The zero-order valence-electron chi connectivity index (χ0n) is 10.3. The number of thioether (sulfide) groups is 1. The molecule has 0 saturated carbocycles. The summed E-state index contributed by atoms with van der Waals surface area (Å²) in [6, 6.07) is 0. The number of rotatable bonds is 2. The van der Waals surface area contributed by atoms with Gasteiger partial charge in [0.2, 0.25) is 0 Å². The fraction of sp³-hybridized carbons (Fsp3) is 0.545. The van der Waals surface area contributed by atoms with Crippen LogP contribution < -0.4 is 5.73 Å². The first-order chi connectivity index (χ1) is 9.66. The number of anilines is 1. The molecule has 5 atom stereocenters. The largest absolute Gasteiger partial charge is 0.387 e. The predicted molar refractivity (Wildman–Crippen MR) is 71.9 cm³/mol. The van der Waals surface area contributed by atoms with Gasteiger partial charge in [0.1, 0.15) is 30.2 Å². The van der Waals surface area contributed by atoms with Gasteiger partial charge in [0.05, 0.1) is 6.33 Å². The van der Waals surface area contributed by atoms with E-state index >= 15 is 0 Å². The van der Waals surface area contributed by atoms with Gasteiger partial charge in [-0.2, -0.15) is 11.8 Å². The van der Waals surface area contributed by atoms with Crippen LogP contribution in [-0.2, 0) is 4.74 Å². The zero-order chi connectivity index (χ0) is 13.9. The van der Waals surface area contributed by atoms with Crippen molar-refractivity contribution in [3.63, 3.8) is 0 Å². The van der Waals surface area contributed by atoms with E-state index in [-0.39, 0.29) is 17.2 Å². The van der Waals surface area contributed by atoms with E-state index in [0.717, 1.165) is 5.75 Å². The van der Waals surface area contributed by atoms with Crippen LogP contribution in [0.5, 0.6) is 0 Å². The van der Waals surface area contributed by atoms with E-state index < -0.39 is 18.4 Å². The maximum Gasteiger partial charge on any atom is 0.167 e. The number of hydrogen-bond donors (Lipinski definition) is 3. The van der Waals surface area contributed by atoms with Crippen molar-refractivity contribution in [1.82, 2.24) is 19.5 Å². The number of ether oxygens (including phenoxy) is 1. The highest BCUT2D eigenvalue weighted by Gasteiger charge is 2.50. The Morgan fingerprint density at radius 3 is 2.85 bits per heavy atom. The molecule has 4 rings (SSSR count). The number of imidazole rings is 1. The fourth-order valence-electron chi connectivity index (χ4n) is 2.52. The number of aromatic nitrogens is 4. The third kappa shape index (κ3) is 1.71. The van der Waals surface area contributed by atoms with Crippen molar-refractivity contribution in [3.05, 3.63) is 12.7 Å². The van der Waals surface area contributed by atoms with Gasteiger partial charge in [-0.05, 0) is 0 Å². The number of nitrogens with zero attached hydrogens (tertiary/aromatic N) is 4. The lowest BCUT2D eigenvalue weighted by molar-refractivity contribution is -0.0322. The summed E-state index contributed by atoms with van der Waals surface area (Å²) in [4.78, 5) is 12.1. The highest BCUT2D eigenvalue weighted by molar-refractivity contribution is 8.06. The van der Waals surface area contributed by atoms with Gasteiger partial charge in [-0.1, -0.05) is 0 Å². The van der Waals surface area contributed by atoms with Gasteiger partial charge < -0.3 is 20.7 Å². The second-order valence-corrected chi connectivity index (χ2v) is 6.20. The Kier molecular flexibility index (Phi) is 2.64. The standard InChI is InChI=1S/C11H13N5O3S/c12-9-5-10(14-2-13-9)16(3-15-5)11-7(18)6(17)8(19-11)4-1-20-4/h2-4,6-8,11,17-18H,1H2,(H2,12,13,14)/t4-,6-,7+,8+,11?/m0/s1. The first kappa shape index (κ1) is 12.3. The fourth-order valence-corrected chi connectivity index (χ4v) is 3.24. The van der Waals surface area contributed by atoms with Crippen LogP contribution in [0.1, 0.15) is 6.23 Å². The molecule has 4 N–H and O–H groups in total. The Balaban J connectivity index is 1.74. The smallest absolute Gasteiger partial charge is 0.167 e. The van der Waals surface area contributed by atoms with E-state index in [0.29, 0.717) is 11.2 Å². The van der Waals surface area contributed by atoms with E-state index in [9.17, 15) is 10.2 Å². The maximum atomic E-state index is 10.2. The molecule has 106 valence electrons. The molecule has 2 aliphatic rings. The van der Waals surface area contributed by atoms with Crippen LogP contribution in [0.3, 0.4) is 0 Å². The summed E-state index contributed by atoms with van der Waals surface area (Å²) in [7, 11) is 0. The molecule has 2 aromatic rings. The predicted octanol–water partition coefficient (Wildman–Crippen LogP) is -0.857. The molecule has 20 heavy (non-hydrogen) atoms. The third-order valence-corrected chi connectivity index (χ3v) is 4.65. The molecule has 0 aliphatic carbocycles. The van der Waals surface area contributed by atoms with E-state index in [4.69, 9.17) is 10.5 Å². The summed E-state index contributed by atoms with van der Waals surface area (Å²) >= 11 is 1.71. The van der Waals surface area contributed by atoms with Crippen LogP contribution in [0.25, 0.3) is 11.2 Å². The SMILES string of the molecule is Nc1ncnc2c1ncn2C1O[C@H]([C@@H]2CS2)[C@@H](O)[C@H]1O. The topological polar surface area (TPSA) is 119 Å². The van der Waals surface area contributed by atoms with Gasteiger partial charge in [0.25, 0.3) is 0 Å². The van der Waals surface area contributed by atoms with Crippen LogP contribution in [0.15, 0.2) is 12.7 Å². The van der Waals surface area contributed by atoms with E-state index in [1.165, 1.54) is 12.7 Å². The average Bonchev–Trinajstić information content (AvgIpc) is 3.12. The van der Waals surface area contributed by atoms with E-state index in [2.05, 4.69) is 15.0 Å². The molecule has 0 spiro atoms. The molecule has 9 heteroatoms. The van der Waals surface area contributed by atoms with Gasteiger partial charge in [0, 0.05) is 11.0 Å². The molecule has 0 amide bonds. The second-order valence-electron chi connectivity index (χ2n) is 4.93. The van der Waals surface area contributed by atoms with Gasteiger partial charge >= 0.3 is 0 Å². The minimum absolute atomic E-state index is 0.249. The molecular formula is C11H13N5O3S. The molecule has 1 unspecified atom stereocenters. The van der Waals surface area contributed by atoms with Crippen molar-refractivity contribution in [2.45, 2.75) is 29.8 Å². The maximum absolute atomic E-state index is 10.2. The van der Waals surface area contributed by atoms with Crippen LogP contribution in [0.4, 0.5) is 5.82 Å². The first-order valence-corrected chi connectivity index (χ1v) is 7.28. The van der Waals surface area contributed by atoms with Crippen molar-refractivity contribution in [1.29, 1.82) is 0 Å². The summed E-state index contributed by atoms with van der Waals surface area (Å²) in [5, 5.41) is 20.5. The van der Waals surface area contributed by atoms with Gasteiger partial charge in [0.15, 0.2) is 17.7 Å². The zero-order valence-corrected chi connectivity index (χ0v) is 11.1. The quantitative estimate of drug-likeness (QED) is 0.612. The minimum atomic E-state index is -1.02. The monoisotopic (exact) mass is 295 g/mol. The summed E-state index contributed by atoms with van der Waals surface area (Å²) in [6.45, 7) is 0. The molecule has 2 aliphatic heterocycles. The van der Waals surface area contributed by atoms with Crippen LogP contribution in [-0.4, -0.2) is 59.0 Å². The molecule has 8 nitrogen and oxygen atoms in total. The number of fused-ring (bicyclic) bond motifs is 1. The lowest BCUT2D eigenvalue weighted by Gasteiger charge is -2.16. The Hall–Kier alpha value is -1.42. The van der Waals surface area contributed by atoms with Crippen molar-refractivity contribution in [2.75, 3.05) is 11.5 Å². The van der Waals surface area contributed by atoms with Crippen molar-refractivity contribution < 1.29 is 14.9 Å². The van der Waals surface area contributed by atoms with Crippen LogP contribution >= 0.6 is 11.8 Å². The van der Waals surface area contributed by atoms with E-state index in [1.54, 1.807) is 16.3 Å². The highest BCUT2D eigenvalue weighted by atomic mass is 32.2. The highest BCUT2D eigenvalue weighted by Crippen LogP contribution is 2.43. The summed E-state index contributed by atoms with van der Waals surface area (Å²) < 4.78 is 7.39. The van der Waals surface area contributed by atoms with Gasteiger partial charge in [-0.25, -0.2) is 15.0 Å². The summed E-state index contributed by atoms with van der Waals surface area (Å²) in [6.07, 6.45) is -0.167. The normalized spacial score (nSPS) is 36.6. The second kappa shape index (κ2) is 4.29. The number of nitrogen functional groups attached to an aromatic ring is 1.